The lowest BCUT2D eigenvalue weighted by Crippen LogP contribution is -2.29. The molecule has 22 heavy (non-hydrogen) atoms. The average molecular weight is 316 g/mol. The van der Waals surface area contributed by atoms with Crippen LogP contribution >= 0.6 is 11.3 Å². The van der Waals surface area contributed by atoms with Gasteiger partial charge in [0.1, 0.15) is 0 Å². The molecule has 0 bridgehead atoms. The maximum absolute atomic E-state index is 12.0. The highest BCUT2D eigenvalue weighted by atomic mass is 32.1. The molecule has 1 N–H and O–H groups in total. The van der Waals surface area contributed by atoms with Crippen LogP contribution in [0.15, 0.2) is 24.4 Å². The zero-order chi connectivity index (χ0) is 15.4. The number of amides is 1. The number of aromatic nitrogens is 2. The van der Waals surface area contributed by atoms with E-state index in [1.807, 2.05) is 18.2 Å². The van der Waals surface area contributed by atoms with E-state index in [4.69, 9.17) is 0 Å². The Kier molecular flexibility index (Phi) is 4.80. The molecule has 116 valence electrons. The van der Waals surface area contributed by atoms with Gasteiger partial charge in [0.15, 0.2) is 5.13 Å². The molecule has 0 fully saturated rings. The molecule has 0 aromatic carbocycles. The van der Waals surface area contributed by atoms with Gasteiger partial charge in [-0.05, 0) is 25.1 Å². The van der Waals surface area contributed by atoms with Gasteiger partial charge in [-0.1, -0.05) is 13.0 Å². The summed E-state index contributed by atoms with van der Waals surface area (Å²) in [5.74, 6) is 0.00379. The van der Waals surface area contributed by atoms with Crippen molar-refractivity contribution in [1.29, 1.82) is 0 Å². The van der Waals surface area contributed by atoms with Crippen molar-refractivity contribution in [3.63, 3.8) is 0 Å². The van der Waals surface area contributed by atoms with E-state index in [0.717, 1.165) is 42.6 Å². The molecule has 5 nitrogen and oxygen atoms in total. The summed E-state index contributed by atoms with van der Waals surface area (Å²) in [6.07, 6.45) is 3.81. The Hall–Kier alpha value is -1.79. The third-order valence-electron chi connectivity index (χ3n) is 3.84. The standard InChI is InChI=1S/C16H20N4OS/c1-2-20-10-8-13-14(11-20)22-16(18-13)19-15(21)7-6-12-5-3-4-9-17-12/h3-5,9H,2,6-8,10-11H2,1H3,(H,18,19,21). The molecule has 1 aliphatic heterocycles. The van der Waals surface area contributed by atoms with Crippen LogP contribution in [0, 0.1) is 0 Å². The molecule has 1 amide bonds. The SMILES string of the molecule is CCN1CCc2nc(NC(=O)CCc3ccccn3)sc2C1. The number of fused-ring (bicyclic) bond motifs is 1. The van der Waals surface area contributed by atoms with E-state index >= 15 is 0 Å². The molecule has 0 unspecified atom stereocenters. The minimum atomic E-state index is 0.00379. The lowest BCUT2D eigenvalue weighted by atomic mass is 10.2. The summed E-state index contributed by atoms with van der Waals surface area (Å²) in [7, 11) is 0. The van der Waals surface area contributed by atoms with Crippen molar-refractivity contribution in [3.05, 3.63) is 40.7 Å². The van der Waals surface area contributed by atoms with Gasteiger partial charge in [0, 0.05) is 42.7 Å². The third kappa shape index (κ3) is 3.69. The van der Waals surface area contributed by atoms with Gasteiger partial charge in [0.2, 0.25) is 5.91 Å². The van der Waals surface area contributed by atoms with Gasteiger partial charge in [0.05, 0.1) is 5.69 Å². The van der Waals surface area contributed by atoms with Crippen molar-refractivity contribution >= 4 is 22.4 Å². The van der Waals surface area contributed by atoms with Gasteiger partial charge in [0.25, 0.3) is 0 Å². The second kappa shape index (κ2) is 6.98. The van der Waals surface area contributed by atoms with Crippen LogP contribution in [0.2, 0.25) is 0 Å². The van der Waals surface area contributed by atoms with Crippen LogP contribution in [0.25, 0.3) is 0 Å². The van der Waals surface area contributed by atoms with E-state index in [2.05, 4.69) is 27.1 Å². The monoisotopic (exact) mass is 316 g/mol. The fraction of sp³-hybridized carbons (Fsp3) is 0.438. The normalized spacial score (nSPS) is 14.6. The number of nitrogens with one attached hydrogen (secondary N) is 1. The van der Waals surface area contributed by atoms with Crippen LogP contribution in [0.3, 0.4) is 0 Å². The highest BCUT2D eigenvalue weighted by Crippen LogP contribution is 2.28. The minimum absolute atomic E-state index is 0.00379. The number of carbonyl (C=O) groups is 1. The molecule has 3 rings (SSSR count). The number of thiazole rings is 1. The van der Waals surface area contributed by atoms with E-state index in [9.17, 15) is 4.79 Å². The molecule has 0 aliphatic carbocycles. The molecule has 0 saturated heterocycles. The highest BCUT2D eigenvalue weighted by Gasteiger charge is 2.20. The van der Waals surface area contributed by atoms with Crippen LogP contribution in [-0.2, 0) is 24.2 Å². The van der Waals surface area contributed by atoms with Crippen LogP contribution in [0.1, 0.15) is 29.6 Å². The first kappa shape index (κ1) is 15.1. The summed E-state index contributed by atoms with van der Waals surface area (Å²) in [6.45, 7) is 5.24. The summed E-state index contributed by atoms with van der Waals surface area (Å²) >= 11 is 1.60. The van der Waals surface area contributed by atoms with Crippen molar-refractivity contribution < 1.29 is 4.79 Å². The molecule has 0 spiro atoms. The smallest absolute Gasteiger partial charge is 0.226 e. The summed E-state index contributed by atoms with van der Waals surface area (Å²) in [6, 6.07) is 5.76. The molecule has 2 aromatic heterocycles. The quantitative estimate of drug-likeness (QED) is 0.921. The van der Waals surface area contributed by atoms with Crippen LogP contribution < -0.4 is 5.32 Å². The number of likely N-dealkylation sites (N-methyl/N-ethyl adjacent to an activating group) is 1. The van der Waals surface area contributed by atoms with E-state index in [1.54, 1.807) is 17.5 Å². The Morgan fingerprint density at radius 2 is 2.36 bits per heavy atom. The van der Waals surface area contributed by atoms with Crippen molar-refractivity contribution in [2.75, 3.05) is 18.4 Å². The van der Waals surface area contributed by atoms with Crippen LogP contribution in [-0.4, -0.2) is 33.9 Å². The molecule has 0 radical (unpaired) electrons. The first-order chi connectivity index (χ1) is 10.7. The molecule has 3 heterocycles. The lowest BCUT2D eigenvalue weighted by molar-refractivity contribution is -0.116. The Balaban J connectivity index is 1.55. The van der Waals surface area contributed by atoms with Crippen molar-refractivity contribution in [1.82, 2.24) is 14.9 Å². The zero-order valence-corrected chi connectivity index (χ0v) is 13.5. The number of rotatable bonds is 5. The topological polar surface area (TPSA) is 58.1 Å². The number of nitrogens with zero attached hydrogens (tertiary/aromatic N) is 3. The molecule has 1 aliphatic rings. The van der Waals surface area contributed by atoms with Gasteiger partial charge >= 0.3 is 0 Å². The number of hydrogen-bond acceptors (Lipinski definition) is 5. The summed E-state index contributed by atoms with van der Waals surface area (Å²) in [5, 5.41) is 3.65. The van der Waals surface area contributed by atoms with Gasteiger partial charge in [-0.2, -0.15) is 0 Å². The van der Waals surface area contributed by atoms with Gasteiger partial charge < -0.3 is 5.32 Å². The molecular formula is C16H20N4OS. The minimum Gasteiger partial charge on any atom is -0.302 e. The van der Waals surface area contributed by atoms with Crippen molar-refractivity contribution in [2.24, 2.45) is 0 Å². The number of pyridine rings is 1. The molecular weight excluding hydrogens is 296 g/mol. The van der Waals surface area contributed by atoms with E-state index in [1.165, 1.54) is 4.88 Å². The fourth-order valence-corrected chi connectivity index (χ4v) is 3.61. The summed E-state index contributed by atoms with van der Waals surface area (Å²) < 4.78 is 0. The van der Waals surface area contributed by atoms with E-state index in [-0.39, 0.29) is 5.91 Å². The highest BCUT2D eigenvalue weighted by molar-refractivity contribution is 7.15. The molecule has 0 atom stereocenters. The van der Waals surface area contributed by atoms with Crippen molar-refractivity contribution in [3.8, 4) is 0 Å². The first-order valence-electron chi connectivity index (χ1n) is 7.65. The number of anilines is 1. The van der Waals surface area contributed by atoms with E-state index in [0.29, 0.717) is 12.8 Å². The predicted octanol–water partition coefficient (Wildman–Crippen LogP) is 2.49. The summed E-state index contributed by atoms with van der Waals surface area (Å²) in [5.41, 5.74) is 2.09. The Morgan fingerprint density at radius 1 is 1.45 bits per heavy atom. The fourth-order valence-electron chi connectivity index (χ4n) is 2.54. The zero-order valence-electron chi connectivity index (χ0n) is 12.7. The lowest BCUT2D eigenvalue weighted by Gasteiger charge is -2.23. The number of carbonyl (C=O) groups excluding carboxylic acids is 1. The van der Waals surface area contributed by atoms with E-state index < -0.39 is 0 Å². The van der Waals surface area contributed by atoms with Crippen LogP contribution in [0.5, 0.6) is 0 Å². The average Bonchev–Trinajstić information content (AvgIpc) is 2.95. The maximum atomic E-state index is 12.0. The Morgan fingerprint density at radius 3 is 3.14 bits per heavy atom. The Bertz CT molecular complexity index is 641. The number of hydrogen-bond donors (Lipinski definition) is 1. The largest absolute Gasteiger partial charge is 0.302 e. The van der Waals surface area contributed by atoms with Crippen molar-refractivity contribution in [2.45, 2.75) is 32.7 Å². The number of aryl methyl sites for hydroxylation is 1. The van der Waals surface area contributed by atoms with Gasteiger partial charge in [-0.15, -0.1) is 11.3 Å². The Labute approximate surface area is 134 Å². The third-order valence-corrected chi connectivity index (χ3v) is 4.84. The molecule has 6 heteroatoms. The second-order valence-corrected chi connectivity index (χ2v) is 6.46. The molecule has 0 saturated carbocycles. The molecule has 2 aromatic rings. The van der Waals surface area contributed by atoms with Gasteiger partial charge in [-0.25, -0.2) is 4.98 Å². The van der Waals surface area contributed by atoms with Crippen LogP contribution in [0.4, 0.5) is 5.13 Å². The second-order valence-electron chi connectivity index (χ2n) is 5.38. The maximum Gasteiger partial charge on any atom is 0.226 e. The van der Waals surface area contributed by atoms with Gasteiger partial charge in [-0.3, -0.25) is 14.7 Å². The summed E-state index contributed by atoms with van der Waals surface area (Å²) in [4.78, 5) is 24.5. The predicted molar refractivity (Wildman–Crippen MR) is 88.0 cm³/mol. The first-order valence-corrected chi connectivity index (χ1v) is 8.47.